The molecule has 7 nitrogen and oxygen atoms in total. The average Bonchev–Trinajstić information content (AvgIpc) is 3.20. The Bertz CT molecular complexity index is 1300. The minimum Gasteiger partial charge on any atom is -0.854 e. The number of aromatic nitrogens is 1. The molecule has 4 aromatic rings. The molecule has 0 saturated heterocycles. The number of rotatable bonds is 4. The topological polar surface area (TPSA) is 91.7 Å². The summed E-state index contributed by atoms with van der Waals surface area (Å²) < 4.78 is 12.0. The Morgan fingerprint density at radius 3 is 2.14 bits per heavy atom. The van der Waals surface area contributed by atoms with Crippen molar-refractivity contribution in [2.75, 3.05) is 14.2 Å². The Balaban J connectivity index is 1.99. The summed E-state index contributed by atoms with van der Waals surface area (Å²) in [4.78, 5) is 16.5. The second-order valence-electron chi connectivity index (χ2n) is 6.17. The summed E-state index contributed by atoms with van der Waals surface area (Å²) in [6.07, 6.45) is 0. The first kappa shape index (κ1) is 18.5. The van der Waals surface area contributed by atoms with Crippen molar-refractivity contribution in [3.05, 3.63) is 69.8 Å². The molecule has 4 rings (SSSR count). The highest BCUT2D eigenvalue weighted by atomic mass is 32.1. The summed E-state index contributed by atoms with van der Waals surface area (Å²) in [5, 5.41) is 22.2. The van der Waals surface area contributed by atoms with E-state index >= 15 is 0 Å². The molecule has 2 aromatic heterocycles. The van der Waals surface area contributed by atoms with Crippen LogP contribution in [0.25, 0.3) is 31.3 Å². The molecule has 29 heavy (non-hydrogen) atoms. The fraction of sp³-hybridized carbons (Fsp3) is 0.0952. The number of fused-ring (bicyclic) bond motifs is 1. The maximum absolute atomic E-state index is 12.9. The molecule has 0 unspecified atom stereocenters. The van der Waals surface area contributed by atoms with Gasteiger partial charge in [0.1, 0.15) is 16.2 Å². The second-order valence-corrected chi connectivity index (χ2v) is 7.22. The minimum absolute atomic E-state index is 0.332. The number of ether oxygens (including phenoxy) is 2. The van der Waals surface area contributed by atoms with Gasteiger partial charge in [-0.1, -0.05) is 0 Å². The molecule has 0 fully saturated rings. The number of diazo groups is 1. The Hall–Kier alpha value is -3.83. The van der Waals surface area contributed by atoms with Crippen molar-refractivity contribution in [3.63, 3.8) is 0 Å². The van der Waals surface area contributed by atoms with E-state index in [1.807, 2.05) is 24.3 Å². The van der Waals surface area contributed by atoms with Gasteiger partial charge in [-0.2, -0.15) is 0 Å². The molecule has 0 bridgehead atoms. The van der Waals surface area contributed by atoms with Crippen LogP contribution in [0, 0.1) is 5.39 Å². The first-order valence-corrected chi connectivity index (χ1v) is 9.42. The van der Waals surface area contributed by atoms with Gasteiger partial charge in [0.2, 0.25) is 5.39 Å². The van der Waals surface area contributed by atoms with Gasteiger partial charge in [0.15, 0.2) is 4.98 Å². The Morgan fingerprint density at radius 2 is 1.59 bits per heavy atom. The van der Waals surface area contributed by atoms with Crippen molar-refractivity contribution in [3.8, 4) is 33.5 Å². The molecule has 144 valence electrons. The smallest absolute Gasteiger partial charge is 0.442 e. The molecule has 0 aliphatic rings. The molecule has 2 aromatic carbocycles. The number of methoxy groups -OCH3 is 2. The molecular formula is C21H15N3O4S. The number of nitrogens with zero attached hydrogens (tertiary/aromatic N) is 3. The van der Waals surface area contributed by atoms with Crippen LogP contribution >= 0.6 is 11.3 Å². The molecule has 8 heteroatoms. The van der Waals surface area contributed by atoms with E-state index in [4.69, 9.17) is 9.47 Å². The molecule has 0 aliphatic heterocycles. The predicted molar refractivity (Wildman–Crippen MR) is 110 cm³/mol. The number of thiophene rings is 1. The average molecular weight is 405 g/mol. The third-order valence-corrected chi connectivity index (χ3v) is 5.76. The summed E-state index contributed by atoms with van der Waals surface area (Å²) in [6, 6.07) is 16.0. The van der Waals surface area contributed by atoms with Crippen LogP contribution in [0.15, 0.2) is 59.4 Å². The molecule has 0 aliphatic carbocycles. The van der Waals surface area contributed by atoms with E-state index in [0.29, 0.717) is 21.7 Å². The molecule has 0 amide bonds. The van der Waals surface area contributed by atoms with E-state index in [1.165, 1.54) is 15.9 Å². The van der Waals surface area contributed by atoms with Crippen LogP contribution in [0.5, 0.6) is 17.4 Å². The summed E-state index contributed by atoms with van der Waals surface area (Å²) in [5.74, 6) is 0.667. The number of pyridine rings is 1. The zero-order valence-electron chi connectivity index (χ0n) is 15.6. The van der Waals surface area contributed by atoms with E-state index < -0.39 is 17.0 Å². The van der Waals surface area contributed by atoms with Gasteiger partial charge < -0.3 is 19.1 Å². The Morgan fingerprint density at radius 1 is 1.00 bits per heavy atom. The summed E-state index contributed by atoms with van der Waals surface area (Å²) in [6.45, 7) is 0. The first-order chi connectivity index (χ1) is 14.1. The van der Waals surface area contributed by atoms with Gasteiger partial charge in [-0.05, 0) is 60.2 Å². The van der Waals surface area contributed by atoms with Gasteiger partial charge in [0.05, 0.1) is 25.6 Å². The number of benzene rings is 2. The van der Waals surface area contributed by atoms with Crippen LogP contribution in [0.1, 0.15) is 0 Å². The quantitative estimate of drug-likeness (QED) is 0.472. The van der Waals surface area contributed by atoms with Crippen molar-refractivity contribution >= 4 is 27.2 Å². The normalized spacial score (nSPS) is 10.7. The Kier molecular flexibility index (Phi) is 4.66. The van der Waals surface area contributed by atoms with E-state index in [9.17, 15) is 15.3 Å². The van der Waals surface area contributed by atoms with Crippen molar-refractivity contribution < 1.29 is 14.6 Å². The highest BCUT2D eigenvalue weighted by Crippen LogP contribution is 2.38. The van der Waals surface area contributed by atoms with Crippen molar-refractivity contribution in [2.45, 2.75) is 0 Å². The van der Waals surface area contributed by atoms with Gasteiger partial charge in [-0.15, -0.1) is 11.3 Å². The fourth-order valence-electron chi connectivity index (χ4n) is 3.10. The van der Waals surface area contributed by atoms with Crippen LogP contribution < -0.4 is 20.0 Å². The monoisotopic (exact) mass is 405 g/mol. The molecule has 2 heterocycles. The van der Waals surface area contributed by atoms with Crippen LogP contribution in [-0.4, -0.2) is 18.8 Å². The third kappa shape index (κ3) is 3.07. The summed E-state index contributed by atoms with van der Waals surface area (Å²) in [5.41, 5.74) is 0.749. The lowest BCUT2D eigenvalue weighted by atomic mass is 10.1. The molecular weight excluding hydrogens is 390 g/mol. The fourth-order valence-corrected chi connectivity index (χ4v) is 4.19. The van der Waals surface area contributed by atoms with Crippen LogP contribution in [0.4, 0.5) is 5.69 Å². The van der Waals surface area contributed by atoms with E-state index in [1.54, 1.807) is 44.6 Å². The standard InChI is InChI=1S/C21H15N3O4S/c1-27-14-7-3-12(4-8-14)17-11-16-20(29-17)19(25)18(23-22)21(26)24(16)13-5-9-15(28-2)10-6-13/h3-11H,1-2H3. The maximum atomic E-state index is 12.9. The van der Waals surface area contributed by atoms with Crippen LogP contribution in [0.3, 0.4) is 0 Å². The zero-order valence-corrected chi connectivity index (χ0v) is 16.4. The zero-order chi connectivity index (χ0) is 20.5. The predicted octanol–water partition coefficient (Wildman–Crippen LogP) is 4.29. The van der Waals surface area contributed by atoms with Gasteiger partial charge in [0, 0.05) is 10.6 Å². The molecule has 0 N–H and O–H groups in total. The van der Waals surface area contributed by atoms with Gasteiger partial charge >= 0.3 is 5.69 Å². The third-order valence-electron chi connectivity index (χ3n) is 4.59. The highest BCUT2D eigenvalue weighted by molar-refractivity contribution is 7.22. The van der Waals surface area contributed by atoms with Gasteiger partial charge in [-0.25, -0.2) is 0 Å². The van der Waals surface area contributed by atoms with Crippen LogP contribution in [-0.2, 0) is 0 Å². The van der Waals surface area contributed by atoms with Crippen LogP contribution in [0.2, 0.25) is 0 Å². The molecule has 0 atom stereocenters. The lowest BCUT2D eigenvalue weighted by Gasteiger charge is -2.16. The van der Waals surface area contributed by atoms with E-state index in [2.05, 4.69) is 4.98 Å². The SMILES string of the molecule is COc1ccc(-c2cc3c(s2)c(=O)c([N+]#N)c([O-])n3-c2ccc(OC)cc2)cc1. The first-order valence-electron chi connectivity index (χ1n) is 8.61. The van der Waals surface area contributed by atoms with E-state index in [-0.39, 0.29) is 0 Å². The lowest BCUT2D eigenvalue weighted by Crippen LogP contribution is -2.12. The number of hydrogen-bond donors (Lipinski definition) is 0. The number of hydrogen-bond acceptors (Lipinski definition) is 6. The maximum Gasteiger partial charge on any atom is 0.442 e. The highest BCUT2D eigenvalue weighted by Gasteiger charge is 2.24. The molecule has 0 saturated carbocycles. The van der Waals surface area contributed by atoms with Crippen molar-refractivity contribution in [1.29, 1.82) is 5.39 Å². The lowest BCUT2D eigenvalue weighted by molar-refractivity contribution is -0.275. The summed E-state index contributed by atoms with van der Waals surface area (Å²) >= 11 is 1.24. The van der Waals surface area contributed by atoms with Crippen molar-refractivity contribution in [2.24, 2.45) is 0 Å². The minimum atomic E-state index is -0.686. The largest absolute Gasteiger partial charge is 0.854 e. The second kappa shape index (κ2) is 7.30. The van der Waals surface area contributed by atoms with E-state index in [0.717, 1.165) is 16.2 Å². The summed E-state index contributed by atoms with van der Waals surface area (Å²) in [7, 11) is 3.14. The molecule has 0 spiro atoms. The van der Waals surface area contributed by atoms with Gasteiger partial charge in [-0.3, -0.25) is 4.79 Å². The molecule has 0 radical (unpaired) electrons. The van der Waals surface area contributed by atoms with Gasteiger partial charge in [0.25, 0.3) is 5.43 Å². The Labute approximate surface area is 169 Å². The van der Waals surface area contributed by atoms with Crippen molar-refractivity contribution in [1.82, 2.24) is 4.57 Å².